The molecular formula is C26H24FN3O2. The van der Waals surface area contributed by atoms with E-state index in [0.29, 0.717) is 24.5 Å². The average molecular weight is 429 g/mol. The van der Waals surface area contributed by atoms with Crippen molar-refractivity contribution in [3.8, 4) is 5.75 Å². The summed E-state index contributed by atoms with van der Waals surface area (Å²) in [5.41, 5.74) is 4.42. The van der Waals surface area contributed by atoms with Gasteiger partial charge in [-0.2, -0.15) is 5.10 Å². The van der Waals surface area contributed by atoms with E-state index in [1.807, 2.05) is 56.3 Å². The van der Waals surface area contributed by atoms with Crippen molar-refractivity contribution in [2.45, 2.75) is 27.0 Å². The van der Waals surface area contributed by atoms with Gasteiger partial charge in [-0.05, 0) is 66.4 Å². The molecule has 5 nitrogen and oxygen atoms in total. The van der Waals surface area contributed by atoms with Gasteiger partial charge < -0.3 is 10.1 Å². The molecule has 6 heteroatoms. The molecule has 1 heterocycles. The summed E-state index contributed by atoms with van der Waals surface area (Å²) in [4.78, 5) is 12.7. The summed E-state index contributed by atoms with van der Waals surface area (Å²) in [5.74, 6) is 0.728. The molecule has 0 bridgehead atoms. The van der Waals surface area contributed by atoms with Crippen molar-refractivity contribution in [1.82, 2.24) is 9.78 Å². The monoisotopic (exact) mass is 429 g/mol. The minimum absolute atomic E-state index is 0.255. The van der Waals surface area contributed by atoms with Crippen molar-refractivity contribution in [2.24, 2.45) is 0 Å². The van der Waals surface area contributed by atoms with Crippen LogP contribution in [0.5, 0.6) is 5.75 Å². The van der Waals surface area contributed by atoms with E-state index in [4.69, 9.17) is 4.74 Å². The summed E-state index contributed by atoms with van der Waals surface area (Å²) >= 11 is 0. The summed E-state index contributed by atoms with van der Waals surface area (Å²) in [6.45, 7) is 4.81. The van der Waals surface area contributed by atoms with Gasteiger partial charge in [-0.25, -0.2) is 4.39 Å². The second-order valence-corrected chi connectivity index (χ2v) is 7.74. The molecule has 0 aliphatic rings. The minimum atomic E-state index is -0.287. The molecule has 0 radical (unpaired) electrons. The lowest BCUT2D eigenvalue weighted by molar-refractivity contribution is 0.102. The highest BCUT2D eigenvalue weighted by atomic mass is 19.1. The lowest BCUT2D eigenvalue weighted by Gasteiger charge is -2.11. The standard InChI is InChI=1S/C26H24FN3O2/c1-18-9-10-19(2)24(13-18)32-17-21-6-3-7-22(14-21)26(31)28-25-11-12-30(29-25)16-20-5-4-8-23(27)15-20/h3-15H,16-17H2,1-2H3,(H,28,29,31). The normalized spacial score (nSPS) is 10.7. The first-order chi connectivity index (χ1) is 15.5. The van der Waals surface area contributed by atoms with Crippen molar-refractivity contribution in [2.75, 3.05) is 5.32 Å². The van der Waals surface area contributed by atoms with Crippen LogP contribution in [-0.4, -0.2) is 15.7 Å². The number of ether oxygens (including phenoxy) is 1. The zero-order valence-electron chi connectivity index (χ0n) is 18.0. The predicted molar refractivity (Wildman–Crippen MR) is 122 cm³/mol. The molecule has 4 rings (SSSR count). The van der Waals surface area contributed by atoms with E-state index < -0.39 is 0 Å². The summed E-state index contributed by atoms with van der Waals surface area (Å²) in [6.07, 6.45) is 1.75. The number of hydrogen-bond acceptors (Lipinski definition) is 3. The van der Waals surface area contributed by atoms with Gasteiger partial charge in [0.1, 0.15) is 18.2 Å². The highest BCUT2D eigenvalue weighted by molar-refractivity contribution is 6.03. The summed E-state index contributed by atoms with van der Waals surface area (Å²) in [6, 6.07) is 21.5. The molecular weight excluding hydrogens is 405 g/mol. The van der Waals surface area contributed by atoms with E-state index in [9.17, 15) is 9.18 Å². The fraction of sp³-hybridized carbons (Fsp3) is 0.154. The Bertz CT molecular complexity index is 1250. The molecule has 162 valence electrons. The molecule has 1 amide bonds. The second kappa shape index (κ2) is 9.47. The number of anilines is 1. The number of nitrogens with one attached hydrogen (secondary N) is 1. The van der Waals surface area contributed by atoms with Gasteiger partial charge in [0.2, 0.25) is 0 Å². The van der Waals surface area contributed by atoms with Gasteiger partial charge in [-0.1, -0.05) is 36.4 Å². The van der Waals surface area contributed by atoms with Crippen LogP contribution in [0, 0.1) is 19.7 Å². The number of amides is 1. The lowest BCUT2D eigenvalue weighted by atomic mass is 10.1. The van der Waals surface area contributed by atoms with Crippen LogP contribution in [0.4, 0.5) is 10.2 Å². The Hall–Kier alpha value is -3.93. The third-order valence-corrected chi connectivity index (χ3v) is 5.04. The molecule has 32 heavy (non-hydrogen) atoms. The largest absolute Gasteiger partial charge is 0.489 e. The van der Waals surface area contributed by atoms with Crippen LogP contribution in [0.1, 0.15) is 32.6 Å². The van der Waals surface area contributed by atoms with Crippen LogP contribution < -0.4 is 10.1 Å². The Morgan fingerprint density at radius 1 is 1.00 bits per heavy atom. The molecule has 0 atom stereocenters. The van der Waals surface area contributed by atoms with Crippen LogP contribution in [0.2, 0.25) is 0 Å². The van der Waals surface area contributed by atoms with Crippen molar-refractivity contribution in [1.29, 1.82) is 0 Å². The van der Waals surface area contributed by atoms with Crippen LogP contribution in [0.3, 0.4) is 0 Å². The van der Waals surface area contributed by atoms with E-state index >= 15 is 0 Å². The molecule has 1 aromatic heterocycles. The molecule has 0 spiro atoms. The summed E-state index contributed by atoms with van der Waals surface area (Å²) in [7, 11) is 0. The Labute approximate surface area is 186 Å². The molecule has 0 aliphatic heterocycles. The Morgan fingerprint density at radius 3 is 2.66 bits per heavy atom. The summed E-state index contributed by atoms with van der Waals surface area (Å²) in [5, 5.41) is 7.16. The first kappa shape index (κ1) is 21.3. The third kappa shape index (κ3) is 5.40. The van der Waals surface area contributed by atoms with E-state index in [-0.39, 0.29) is 11.7 Å². The Kier molecular flexibility index (Phi) is 6.31. The number of halogens is 1. The maximum atomic E-state index is 13.4. The van der Waals surface area contributed by atoms with Gasteiger partial charge >= 0.3 is 0 Å². The van der Waals surface area contributed by atoms with E-state index in [0.717, 1.165) is 28.0 Å². The zero-order valence-corrected chi connectivity index (χ0v) is 18.0. The predicted octanol–water partition coefficient (Wildman–Crippen LogP) is 5.52. The molecule has 0 fully saturated rings. The van der Waals surface area contributed by atoms with Gasteiger partial charge in [-0.15, -0.1) is 0 Å². The quantitative estimate of drug-likeness (QED) is 0.421. The highest BCUT2D eigenvalue weighted by Crippen LogP contribution is 2.21. The first-order valence-corrected chi connectivity index (χ1v) is 10.3. The number of carbonyl (C=O) groups excluding carboxylic acids is 1. The fourth-order valence-electron chi connectivity index (χ4n) is 3.35. The van der Waals surface area contributed by atoms with Gasteiger partial charge in [-0.3, -0.25) is 9.48 Å². The van der Waals surface area contributed by atoms with Crippen LogP contribution in [-0.2, 0) is 13.2 Å². The number of aromatic nitrogens is 2. The molecule has 3 aromatic carbocycles. The summed E-state index contributed by atoms with van der Waals surface area (Å²) < 4.78 is 21.0. The molecule has 1 N–H and O–H groups in total. The van der Waals surface area contributed by atoms with E-state index in [1.165, 1.54) is 12.1 Å². The van der Waals surface area contributed by atoms with E-state index in [1.54, 1.807) is 29.1 Å². The highest BCUT2D eigenvalue weighted by Gasteiger charge is 2.10. The Balaban J connectivity index is 1.38. The molecule has 0 aliphatic carbocycles. The Morgan fingerprint density at radius 2 is 1.81 bits per heavy atom. The minimum Gasteiger partial charge on any atom is -0.489 e. The molecule has 0 saturated heterocycles. The van der Waals surface area contributed by atoms with Crippen molar-refractivity contribution in [3.63, 3.8) is 0 Å². The topological polar surface area (TPSA) is 56.1 Å². The number of nitrogens with zero attached hydrogens (tertiary/aromatic N) is 2. The third-order valence-electron chi connectivity index (χ3n) is 5.04. The smallest absolute Gasteiger partial charge is 0.256 e. The SMILES string of the molecule is Cc1ccc(C)c(OCc2cccc(C(=O)Nc3ccn(Cc4cccc(F)c4)n3)c2)c1. The zero-order chi connectivity index (χ0) is 22.5. The van der Waals surface area contributed by atoms with Gasteiger partial charge in [0, 0.05) is 17.8 Å². The number of hydrogen-bond donors (Lipinski definition) is 1. The van der Waals surface area contributed by atoms with Crippen molar-refractivity contribution < 1.29 is 13.9 Å². The number of carbonyl (C=O) groups is 1. The first-order valence-electron chi connectivity index (χ1n) is 10.3. The van der Waals surface area contributed by atoms with Crippen LogP contribution >= 0.6 is 0 Å². The maximum Gasteiger partial charge on any atom is 0.256 e. The average Bonchev–Trinajstić information content (AvgIpc) is 3.21. The van der Waals surface area contributed by atoms with E-state index in [2.05, 4.69) is 10.4 Å². The van der Waals surface area contributed by atoms with Crippen LogP contribution in [0.25, 0.3) is 0 Å². The number of benzene rings is 3. The van der Waals surface area contributed by atoms with Gasteiger partial charge in [0.05, 0.1) is 6.54 Å². The van der Waals surface area contributed by atoms with Gasteiger partial charge in [0.15, 0.2) is 5.82 Å². The van der Waals surface area contributed by atoms with Crippen molar-refractivity contribution >= 4 is 11.7 Å². The second-order valence-electron chi connectivity index (χ2n) is 7.74. The van der Waals surface area contributed by atoms with Gasteiger partial charge in [0.25, 0.3) is 5.91 Å². The number of aryl methyl sites for hydroxylation is 2. The van der Waals surface area contributed by atoms with Crippen LogP contribution in [0.15, 0.2) is 79.0 Å². The fourth-order valence-corrected chi connectivity index (χ4v) is 3.35. The lowest BCUT2D eigenvalue weighted by Crippen LogP contribution is -2.13. The molecule has 0 saturated carbocycles. The maximum absolute atomic E-state index is 13.4. The number of rotatable bonds is 7. The van der Waals surface area contributed by atoms with Crippen molar-refractivity contribution in [3.05, 3.63) is 113 Å². The molecule has 0 unspecified atom stereocenters. The molecule has 4 aromatic rings.